The van der Waals surface area contributed by atoms with E-state index in [2.05, 4.69) is 15.0 Å². The molecular weight excluding hydrogens is 313 g/mol. The third kappa shape index (κ3) is 6.05. The maximum atomic E-state index is 12.1. The second-order valence-electron chi connectivity index (χ2n) is 6.16. The Bertz CT molecular complexity index is 553. The van der Waals surface area contributed by atoms with Crippen LogP contribution in [0, 0.1) is 5.92 Å². The molecule has 8 heteroatoms. The van der Waals surface area contributed by atoms with Crippen LogP contribution < -0.4 is 10.1 Å². The highest BCUT2D eigenvalue weighted by Crippen LogP contribution is 2.39. The minimum atomic E-state index is -4.42. The van der Waals surface area contributed by atoms with E-state index in [0.29, 0.717) is 24.8 Å². The Hall–Kier alpha value is -1.83. The number of alkyl halides is 3. The number of aliphatic hydroxyl groups is 1. The number of ether oxygens (including phenoxy) is 1. The van der Waals surface area contributed by atoms with Crippen molar-refractivity contribution in [2.24, 2.45) is 5.92 Å². The van der Waals surface area contributed by atoms with E-state index in [0.717, 1.165) is 0 Å². The van der Waals surface area contributed by atoms with Crippen molar-refractivity contribution in [2.75, 3.05) is 6.61 Å². The van der Waals surface area contributed by atoms with Gasteiger partial charge in [-0.15, -0.1) is 0 Å². The van der Waals surface area contributed by atoms with Crippen LogP contribution in [-0.4, -0.2) is 34.4 Å². The molecule has 0 bridgehead atoms. The predicted molar refractivity (Wildman–Crippen MR) is 75.6 cm³/mol. The third-order valence-corrected chi connectivity index (χ3v) is 3.60. The Morgan fingerprint density at radius 1 is 1.52 bits per heavy atom. The second kappa shape index (κ2) is 6.74. The maximum absolute atomic E-state index is 12.1. The van der Waals surface area contributed by atoms with Crippen LogP contribution in [0.3, 0.4) is 0 Å². The van der Waals surface area contributed by atoms with Gasteiger partial charge in [-0.05, 0) is 37.3 Å². The van der Waals surface area contributed by atoms with Crippen LogP contribution in [-0.2, 0) is 11.3 Å². The highest BCUT2D eigenvalue weighted by atomic mass is 19.4. The summed E-state index contributed by atoms with van der Waals surface area (Å²) >= 11 is 0. The van der Waals surface area contributed by atoms with Crippen LogP contribution in [0.4, 0.5) is 13.2 Å². The van der Waals surface area contributed by atoms with Crippen molar-refractivity contribution in [3.63, 3.8) is 0 Å². The first-order chi connectivity index (χ1) is 10.6. The van der Waals surface area contributed by atoms with E-state index in [4.69, 9.17) is 0 Å². The summed E-state index contributed by atoms with van der Waals surface area (Å²) in [6.07, 6.45) is -1.55. The number of nitrogens with one attached hydrogen (secondary N) is 1. The number of hydrogen-bond acceptors (Lipinski definition) is 4. The number of carbonyl (C=O) groups excluding carboxylic acids is 1. The molecule has 0 unspecified atom stereocenters. The van der Waals surface area contributed by atoms with Crippen LogP contribution in [0.5, 0.6) is 5.88 Å². The quantitative estimate of drug-likeness (QED) is 0.838. The standard InChI is InChI=1S/C15H19F3N2O3/c1-14(22)6-11(7-14)4-12(21)20-8-10-2-3-19-13(5-10)23-9-15(16,17)18/h2-3,5,11,22H,4,6-9H2,1H3,(H,20,21). The monoisotopic (exact) mass is 332 g/mol. The molecule has 128 valence electrons. The van der Waals surface area contributed by atoms with Gasteiger partial charge in [-0.25, -0.2) is 4.98 Å². The first-order valence-electron chi connectivity index (χ1n) is 7.26. The molecule has 5 nitrogen and oxygen atoms in total. The minimum Gasteiger partial charge on any atom is -0.468 e. The smallest absolute Gasteiger partial charge is 0.422 e. The van der Waals surface area contributed by atoms with Gasteiger partial charge in [-0.2, -0.15) is 13.2 Å². The Balaban J connectivity index is 1.76. The lowest BCUT2D eigenvalue weighted by molar-refractivity contribution is -0.154. The van der Waals surface area contributed by atoms with Gasteiger partial charge in [0, 0.05) is 25.2 Å². The summed E-state index contributed by atoms with van der Waals surface area (Å²) < 4.78 is 40.8. The molecule has 0 spiro atoms. The van der Waals surface area contributed by atoms with Gasteiger partial charge < -0.3 is 15.2 Å². The maximum Gasteiger partial charge on any atom is 0.422 e. The molecule has 0 aliphatic heterocycles. The van der Waals surface area contributed by atoms with Gasteiger partial charge in [0.25, 0.3) is 0 Å². The number of nitrogens with zero attached hydrogens (tertiary/aromatic N) is 1. The number of aromatic nitrogens is 1. The number of amides is 1. The molecule has 0 saturated heterocycles. The van der Waals surface area contributed by atoms with Crippen LogP contribution in [0.15, 0.2) is 18.3 Å². The van der Waals surface area contributed by atoms with E-state index in [9.17, 15) is 23.1 Å². The van der Waals surface area contributed by atoms with Crippen molar-refractivity contribution < 1.29 is 27.8 Å². The Morgan fingerprint density at radius 2 is 2.22 bits per heavy atom. The van der Waals surface area contributed by atoms with Gasteiger partial charge in [-0.1, -0.05) is 0 Å². The summed E-state index contributed by atoms with van der Waals surface area (Å²) in [5.74, 6) is -0.114. The largest absolute Gasteiger partial charge is 0.468 e. The molecule has 23 heavy (non-hydrogen) atoms. The van der Waals surface area contributed by atoms with E-state index >= 15 is 0 Å². The second-order valence-corrected chi connectivity index (χ2v) is 6.16. The lowest BCUT2D eigenvalue weighted by Gasteiger charge is -2.40. The SMILES string of the molecule is CC1(O)CC(CC(=O)NCc2ccnc(OCC(F)(F)F)c2)C1. The lowest BCUT2D eigenvalue weighted by Crippen LogP contribution is -2.42. The van der Waals surface area contributed by atoms with E-state index < -0.39 is 18.4 Å². The molecule has 0 aromatic carbocycles. The van der Waals surface area contributed by atoms with Crippen LogP contribution in [0.2, 0.25) is 0 Å². The molecule has 1 saturated carbocycles. The van der Waals surface area contributed by atoms with Crippen molar-refractivity contribution in [3.05, 3.63) is 23.9 Å². The third-order valence-electron chi connectivity index (χ3n) is 3.60. The molecule has 1 heterocycles. The molecule has 1 aromatic heterocycles. The highest BCUT2D eigenvalue weighted by molar-refractivity contribution is 5.76. The van der Waals surface area contributed by atoms with Gasteiger partial charge in [0.2, 0.25) is 11.8 Å². The summed E-state index contributed by atoms with van der Waals surface area (Å²) in [5.41, 5.74) is -0.0630. The number of hydrogen-bond donors (Lipinski definition) is 2. The fraction of sp³-hybridized carbons (Fsp3) is 0.600. The van der Waals surface area contributed by atoms with Gasteiger partial charge >= 0.3 is 6.18 Å². The molecular formula is C15H19F3N2O3. The van der Waals surface area contributed by atoms with Gasteiger partial charge in [-0.3, -0.25) is 4.79 Å². The molecule has 0 atom stereocenters. The van der Waals surface area contributed by atoms with Crippen LogP contribution in [0.25, 0.3) is 0 Å². The molecule has 0 radical (unpaired) electrons. The summed E-state index contributed by atoms with van der Waals surface area (Å²) in [5, 5.41) is 12.3. The molecule has 1 fully saturated rings. The summed E-state index contributed by atoms with van der Waals surface area (Å²) in [6, 6.07) is 2.95. The molecule has 1 aliphatic rings. The van der Waals surface area contributed by atoms with Gasteiger partial charge in [0.15, 0.2) is 6.61 Å². The van der Waals surface area contributed by atoms with Gasteiger partial charge in [0.05, 0.1) is 5.60 Å². The average Bonchev–Trinajstić information content (AvgIpc) is 2.41. The van der Waals surface area contributed by atoms with Crippen LogP contribution >= 0.6 is 0 Å². The topological polar surface area (TPSA) is 71.5 Å². The number of halogens is 3. The fourth-order valence-electron chi connectivity index (χ4n) is 2.66. The Kier molecular flexibility index (Phi) is 5.13. The van der Waals surface area contributed by atoms with Crippen molar-refractivity contribution in [3.8, 4) is 5.88 Å². The fourth-order valence-corrected chi connectivity index (χ4v) is 2.66. The normalized spacial score (nSPS) is 24.0. The number of carbonyl (C=O) groups is 1. The zero-order chi connectivity index (χ0) is 17.1. The molecule has 1 aliphatic carbocycles. The van der Waals surface area contributed by atoms with Gasteiger partial charge in [0.1, 0.15) is 0 Å². The summed E-state index contributed by atoms with van der Waals surface area (Å²) in [4.78, 5) is 15.5. The molecule has 1 aromatic rings. The molecule has 1 amide bonds. The Morgan fingerprint density at radius 3 is 2.83 bits per heavy atom. The minimum absolute atomic E-state index is 0.135. The van der Waals surface area contributed by atoms with Crippen molar-refractivity contribution >= 4 is 5.91 Å². The lowest BCUT2D eigenvalue weighted by atomic mass is 9.70. The van der Waals surface area contributed by atoms with E-state index in [1.54, 1.807) is 13.0 Å². The number of rotatable bonds is 6. The Labute approximate surface area is 131 Å². The number of pyridine rings is 1. The van der Waals surface area contributed by atoms with Crippen molar-refractivity contribution in [2.45, 2.75) is 44.5 Å². The van der Waals surface area contributed by atoms with Crippen molar-refractivity contribution in [1.82, 2.24) is 10.3 Å². The first-order valence-corrected chi connectivity index (χ1v) is 7.26. The van der Waals surface area contributed by atoms with Crippen LogP contribution in [0.1, 0.15) is 31.7 Å². The first kappa shape index (κ1) is 17.5. The predicted octanol–water partition coefficient (Wildman–Crippen LogP) is 2.19. The molecule has 2 N–H and O–H groups in total. The van der Waals surface area contributed by atoms with E-state index in [-0.39, 0.29) is 24.2 Å². The molecule has 2 rings (SSSR count). The summed E-state index contributed by atoms with van der Waals surface area (Å²) in [7, 11) is 0. The zero-order valence-corrected chi connectivity index (χ0v) is 12.7. The zero-order valence-electron chi connectivity index (χ0n) is 12.7. The van der Waals surface area contributed by atoms with E-state index in [1.165, 1.54) is 12.3 Å². The summed E-state index contributed by atoms with van der Waals surface area (Å²) in [6.45, 7) is 0.519. The van der Waals surface area contributed by atoms with E-state index in [1.807, 2.05) is 0 Å². The highest BCUT2D eigenvalue weighted by Gasteiger charge is 2.38. The van der Waals surface area contributed by atoms with Crippen molar-refractivity contribution in [1.29, 1.82) is 0 Å². The average molecular weight is 332 g/mol.